The Labute approximate surface area is 118 Å². The van der Waals surface area contributed by atoms with E-state index in [-0.39, 0.29) is 11.9 Å². The van der Waals surface area contributed by atoms with Crippen LogP contribution in [0.3, 0.4) is 0 Å². The van der Waals surface area contributed by atoms with Gasteiger partial charge in [-0.05, 0) is 31.2 Å². The first kappa shape index (κ1) is 16.0. The second kappa shape index (κ2) is 7.49. The van der Waals surface area contributed by atoms with Gasteiger partial charge in [0.25, 0.3) is 5.91 Å². The van der Waals surface area contributed by atoms with E-state index < -0.39 is 12.1 Å². The van der Waals surface area contributed by atoms with Gasteiger partial charge >= 0.3 is 6.03 Å². The topological polar surface area (TPSA) is 98.0 Å². The highest BCUT2D eigenvalue weighted by Crippen LogP contribution is 2.17. The monoisotopic (exact) mass is 280 g/mol. The zero-order valence-corrected chi connectivity index (χ0v) is 12.1. The predicted octanol–water partition coefficient (Wildman–Crippen LogP) is 0.293. The standard InChI is InChI=1S/C14H21N3O3/c1-4-12(10-5-7-11(20-3)8-6-10)16-9(2)13(18)17-14(15)19/h5-9,12,16H,4H2,1-3H3,(H3,15,17,18,19)/p+1/t9-,12-/m0/s1. The summed E-state index contributed by atoms with van der Waals surface area (Å²) in [6.45, 7) is 3.79. The molecule has 0 unspecified atom stereocenters. The molecule has 0 aromatic heterocycles. The normalized spacial score (nSPS) is 13.3. The average Bonchev–Trinajstić information content (AvgIpc) is 2.43. The van der Waals surface area contributed by atoms with Crippen LogP contribution in [-0.2, 0) is 4.79 Å². The van der Waals surface area contributed by atoms with E-state index in [1.54, 1.807) is 14.0 Å². The number of rotatable bonds is 6. The van der Waals surface area contributed by atoms with Gasteiger partial charge in [0.15, 0.2) is 6.04 Å². The second-order valence-electron chi connectivity index (χ2n) is 4.62. The fraction of sp³-hybridized carbons (Fsp3) is 0.429. The largest absolute Gasteiger partial charge is 0.497 e. The SMILES string of the molecule is CC[C@H]([NH2+][C@@H](C)C(=O)NC(N)=O)c1ccc(OC)cc1. The number of hydrogen-bond acceptors (Lipinski definition) is 3. The summed E-state index contributed by atoms with van der Waals surface area (Å²) in [7, 11) is 1.62. The summed E-state index contributed by atoms with van der Waals surface area (Å²) >= 11 is 0. The zero-order chi connectivity index (χ0) is 15.1. The van der Waals surface area contributed by atoms with E-state index in [4.69, 9.17) is 10.5 Å². The van der Waals surface area contributed by atoms with Gasteiger partial charge in [-0.3, -0.25) is 10.1 Å². The highest BCUT2D eigenvalue weighted by Gasteiger charge is 2.22. The Kier molecular flexibility index (Phi) is 5.99. The molecular formula is C14H22N3O3+. The number of carbonyl (C=O) groups is 2. The Balaban J connectivity index is 2.70. The maximum Gasteiger partial charge on any atom is 0.319 e. The van der Waals surface area contributed by atoms with Gasteiger partial charge in [-0.1, -0.05) is 6.92 Å². The van der Waals surface area contributed by atoms with Crippen LogP contribution in [0.5, 0.6) is 5.75 Å². The van der Waals surface area contributed by atoms with Crippen LogP contribution in [-0.4, -0.2) is 25.1 Å². The van der Waals surface area contributed by atoms with Gasteiger partial charge in [0, 0.05) is 12.0 Å². The van der Waals surface area contributed by atoms with Crippen molar-refractivity contribution in [3.8, 4) is 5.75 Å². The summed E-state index contributed by atoms with van der Waals surface area (Å²) in [5.74, 6) is 0.410. The number of imide groups is 1. The highest BCUT2D eigenvalue weighted by molar-refractivity contribution is 5.95. The Morgan fingerprint density at radius 1 is 1.35 bits per heavy atom. The van der Waals surface area contributed by atoms with E-state index in [1.165, 1.54) is 0 Å². The lowest BCUT2D eigenvalue weighted by Crippen LogP contribution is -2.92. The van der Waals surface area contributed by atoms with Crippen molar-refractivity contribution in [2.75, 3.05) is 7.11 Å². The molecule has 0 spiro atoms. The van der Waals surface area contributed by atoms with Crippen molar-refractivity contribution in [1.82, 2.24) is 5.32 Å². The quantitative estimate of drug-likeness (QED) is 0.698. The lowest BCUT2D eigenvalue weighted by molar-refractivity contribution is -0.713. The number of nitrogens with two attached hydrogens (primary N) is 2. The van der Waals surface area contributed by atoms with E-state index in [0.29, 0.717) is 0 Å². The van der Waals surface area contributed by atoms with Gasteiger partial charge in [0.2, 0.25) is 0 Å². The van der Waals surface area contributed by atoms with Gasteiger partial charge in [-0.25, -0.2) is 4.79 Å². The van der Waals surface area contributed by atoms with Crippen molar-refractivity contribution in [2.24, 2.45) is 5.73 Å². The molecule has 2 atom stereocenters. The van der Waals surface area contributed by atoms with Gasteiger partial charge in [-0.15, -0.1) is 0 Å². The fourth-order valence-corrected chi connectivity index (χ4v) is 2.01. The molecule has 0 heterocycles. The molecule has 110 valence electrons. The number of primary amides is 1. The van der Waals surface area contributed by atoms with Crippen molar-refractivity contribution in [2.45, 2.75) is 32.4 Å². The van der Waals surface area contributed by atoms with Crippen molar-refractivity contribution >= 4 is 11.9 Å². The molecule has 1 rings (SSSR count). The molecule has 5 N–H and O–H groups in total. The number of ether oxygens (including phenoxy) is 1. The molecule has 0 bridgehead atoms. The molecule has 1 aromatic rings. The van der Waals surface area contributed by atoms with Crippen molar-refractivity contribution in [3.63, 3.8) is 0 Å². The summed E-state index contributed by atoms with van der Waals surface area (Å²) in [5.41, 5.74) is 6.04. The molecule has 0 aliphatic heterocycles. The summed E-state index contributed by atoms with van der Waals surface area (Å²) < 4.78 is 5.12. The molecule has 0 saturated carbocycles. The number of benzene rings is 1. The third kappa shape index (κ3) is 4.55. The number of methoxy groups -OCH3 is 1. The minimum Gasteiger partial charge on any atom is -0.497 e. The van der Waals surface area contributed by atoms with E-state index in [9.17, 15) is 9.59 Å². The molecule has 0 radical (unpaired) electrons. The summed E-state index contributed by atoms with van der Waals surface area (Å²) in [6.07, 6.45) is 0.862. The van der Waals surface area contributed by atoms with Gasteiger partial charge in [0.1, 0.15) is 11.8 Å². The number of amides is 3. The van der Waals surface area contributed by atoms with E-state index in [0.717, 1.165) is 17.7 Å². The number of hydrogen-bond donors (Lipinski definition) is 3. The molecule has 0 aliphatic carbocycles. The Bertz CT molecular complexity index is 459. The fourth-order valence-electron chi connectivity index (χ4n) is 2.01. The van der Waals surface area contributed by atoms with Crippen LogP contribution in [0.25, 0.3) is 0 Å². The first-order valence-corrected chi connectivity index (χ1v) is 6.57. The first-order valence-electron chi connectivity index (χ1n) is 6.57. The van der Waals surface area contributed by atoms with Crippen LogP contribution in [0.15, 0.2) is 24.3 Å². The number of carbonyl (C=O) groups excluding carboxylic acids is 2. The number of nitrogens with one attached hydrogen (secondary N) is 1. The van der Waals surface area contributed by atoms with E-state index >= 15 is 0 Å². The molecule has 6 heteroatoms. The van der Waals surface area contributed by atoms with E-state index in [1.807, 2.05) is 36.5 Å². The summed E-state index contributed by atoms with van der Waals surface area (Å²) in [6, 6.07) is 6.64. The number of quaternary nitrogens is 1. The Hall–Kier alpha value is -2.08. The molecule has 1 aromatic carbocycles. The molecule has 6 nitrogen and oxygen atoms in total. The lowest BCUT2D eigenvalue weighted by Gasteiger charge is -2.18. The van der Waals surface area contributed by atoms with Crippen LogP contribution in [0.1, 0.15) is 31.9 Å². The number of urea groups is 1. The van der Waals surface area contributed by atoms with Gasteiger partial charge < -0.3 is 15.8 Å². The smallest absolute Gasteiger partial charge is 0.319 e. The minimum atomic E-state index is -0.826. The average molecular weight is 280 g/mol. The Morgan fingerprint density at radius 3 is 2.40 bits per heavy atom. The van der Waals surface area contributed by atoms with Crippen LogP contribution >= 0.6 is 0 Å². The van der Waals surface area contributed by atoms with Crippen molar-refractivity contribution in [1.29, 1.82) is 0 Å². The van der Waals surface area contributed by atoms with Gasteiger partial charge in [0.05, 0.1) is 7.11 Å². The maximum absolute atomic E-state index is 11.7. The highest BCUT2D eigenvalue weighted by atomic mass is 16.5. The third-order valence-corrected chi connectivity index (χ3v) is 3.16. The molecule has 20 heavy (non-hydrogen) atoms. The molecule has 0 saturated heterocycles. The molecule has 3 amide bonds. The minimum absolute atomic E-state index is 0.134. The van der Waals surface area contributed by atoms with Gasteiger partial charge in [-0.2, -0.15) is 0 Å². The van der Waals surface area contributed by atoms with E-state index in [2.05, 4.69) is 5.32 Å². The van der Waals surface area contributed by atoms with Crippen molar-refractivity contribution < 1.29 is 19.6 Å². The third-order valence-electron chi connectivity index (χ3n) is 3.16. The molecule has 0 aliphatic rings. The summed E-state index contributed by atoms with van der Waals surface area (Å²) in [4.78, 5) is 22.3. The first-order chi connectivity index (χ1) is 9.47. The van der Waals surface area contributed by atoms with Crippen LogP contribution < -0.4 is 21.1 Å². The van der Waals surface area contributed by atoms with Crippen molar-refractivity contribution in [3.05, 3.63) is 29.8 Å². The molecule has 0 fully saturated rings. The van der Waals surface area contributed by atoms with Crippen LogP contribution in [0.4, 0.5) is 4.79 Å². The van der Waals surface area contributed by atoms with Crippen LogP contribution in [0, 0.1) is 0 Å². The Morgan fingerprint density at radius 2 is 1.95 bits per heavy atom. The zero-order valence-electron chi connectivity index (χ0n) is 12.1. The van der Waals surface area contributed by atoms with Crippen LogP contribution in [0.2, 0.25) is 0 Å². The molecular weight excluding hydrogens is 258 g/mol. The second-order valence-corrected chi connectivity index (χ2v) is 4.62. The maximum atomic E-state index is 11.7. The lowest BCUT2D eigenvalue weighted by atomic mass is 10.0. The predicted molar refractivity (Wildman–Crippen MR) is 75.1 cm³/mol. The summed E-state index contributed by atoms with van der Waals surface area (Å²) in [5, 5.41) is 4.01.